The third kappa shape index (κ3) is 2.19. The standard InChI is InChI=1S/C13H12N4O2S/c14-9-4-3-5-10(8-9)20(18,19)17-13-11-6-1-2-7-12(11)15-16-13/h1-8H,14H2,(H2,15,16,17). The smallest absolute Gasteiger partial charge is 0.263 e. The third-order valence-electron chi connectivity index (χ3n) is 2.87. The van der Waals surface area contributed by atoms with Gasteiger partial charge in [0.15, 0.2) is 5.82 Å². The highest BCUT2D eigenvalue weighted by molar-refractivity contribution is 7.92. The lowest BCUT2D eigenvalue weighted by atomic mass is 10.2. The second kappa shape index (κ2) is 4.53. The SMILES string of the molecule is Nc1cccc(S(=O)(=O)Nc2n[nH]c3ccccc23)c1. The topological polar surface area (TPSA) is 101 Å². The zero-order valence-electron chi connectivity index (χ0n) is 10.4. The normalized spacial score (nSPS) is 11.6. The van der Waals surface area contributed by atoms with E-state index in [2.05, 4.69) is 14.9 Å². The van der Waals surface area contributed by atoms with Gasteiger partial charge in [-0.25, -0.2) is 8.42 Å². The van der Waals surface area contributed by atoms with Gasteiger partial charge in [-0.1, -0.05) is 18.2 Å². The average Bonchev–Trinajstić information content (AvgIpc) is 2.82. The lowest BCUT2D eigenvalue weighted by Gasteiger charge is -2.06. The molecule has 2 aromatic carbocycles. The second-order valence-corrected chi connectivity index (χ2v) is 5.98. The number of aromatic amines is 1. The van der Waals surface area contributed by atoms with Crippen molar-refractivity contribution in [3.05, 3.63) is 48.5 Å². The summed E-state index contributed by atoms with van der Waals surface area (Å²) in [6.45, 7) is 0. The Kier molecular flexibility index (Phi) is 2.83. The summed E-state index contributed by atoms with van der Waals surface area (Å²) in [6.07, 6.45) is 0. The number of anilines is 2. The first-order valence-electron chi connectivity index (χ1n) is 5.88. The molecule has 20 heavy (non-hydrogen) atoms. The van der Waals surface area contributed by atoms with Crippen molar-refractivity contribution in [2.45, 2.75) is 4.90 Å². The highest BCUT2D eigenvalue weighted by atomic mass is 32.2. The number of hydrogen-bond donors (Lipinski definition) is 3. The van der Waals surface area contributed by atoms with Crippen LogP contribution in [0.25, 0.3) is 10.9 Å². The molecule has 3 aromatic rings. The maximum absolute atomic E-state index is 12.3. The molecule has 0 fully saturated rings. The highest BCUT2D eigenvalue weighted by Gasteiger charge is 2.17. The van der Waals surface area contributed by atoms with Crippen LogP contribution in [0.15, 0.2) is 53.4 Å². The van der Waals surface area contributed by atoms with Crippen LogP contribution in [0.3, 0.4) is 0 Å². The number of aromatic nitrogens is 2. The molecule has 102 valence electrons. The molecule has 1 aromatic heterocycles. The lowest BCUT2D eigenvalue weighted by molar-refractivity contribution is 0.601. The van der Waals surface area contributed by atoms with E-state index in [-0.39, 0.29) is 10.7 Å². The molecule has 0 spiro atoms. The number of benzene rings is 2. The maximum Gasteiger partial charge on any atom is 0.263 e. The molecule has 4 N–H and O–H groups in total. The lowest BCUT2D eigenvalue weighted by Crippen LogP contribution is -2.13. The molecule has 0 saturated carbocycles. The fourth-order valence-electron chi connectivity index (χ4n) is 1.91. The quantitative estimate of drug-likeness (QED) is 0.641. The molecule has 0 aliphatic rings. The van der Waals surface area contributed by atoms with Crippen LogP contribution in [0.5, 0.6) is 0 Å². The largest absolute Gasteiger partial charge is 0.399 e. The number of hydrogen-bond acceptors (Lipinski definition) is 4. The van der Waals surface area contributed by atoms with Crippen molar-refractivity contribution in [3.63, 3.8) is 0 Å². The van der Waals surface area contributed by atoms with Crippen molar-refractivity contribution >= 4 is 32.4 Å². The van der Waals surface area contributed by atoms with Crippen molar-refractivity contribution in [2.24, 2.45) is 0 Å². The average molecular weight is 288 g/mol. The molecular formula is C13H12N4O2S. The number of nitrogens with zero attached hydrogens (tertiary/aromatic N) is 1. The Bertz CT molecular complexity index is 871. The Hall–Kier alpha value is -2.54. The zero-order chi connectivity index (χ0) is 14.2. The summed E-state index contributed by atoms with van der Waals surface area (Å²) in [5, 5.41) is 7.46. The second-order valence-electron chi connectivity index (χ2n) is 4.30. The van der Waals surface area contributed by atoms with Crippen molar-refractivity contribution in [2.75, 3.05) is 10.5 Å². The van der Waals surface area contributed by atoms with Gasteiger partial charge in [-0.3, -0.25) is 9.82 Å². The van der Waals surface area contributed by atoms with Gasteiger partial charge in [-0.2, -0.15) is 5.10 Å². The van der Waals surface area contributed by atoms with Crippen LogP contribution in [0, 0.1) is 0 Å². The van der Waals surface area contributed by atoms with Crippen LogP contribution in [0.4, 0.5) is 11.5 Å². The fourth-order valence-corrected chi connectivity index (χ4v) is 2.99. The molecule has 0 amide bonds. The number of H-pyrrole nitrogens is 1. The van der Waals surface area contributed by atoms with E-state index >= 15 is 0 Å². The summed E-state index contributed by atoms with van der Waals surface area (Å²) in [5.74, 6) is 0.267. The Balaban J connectivity index is 2.02. The van der Waals surface area contributed by atoms with Gasteiger partial charge in [0.1, 0.15) is 0 Å². The predicted molar refractivity (Wildman–Crippen MR) is 77.8 cm³/mol. The van der Waals surface area contributed by atoms with Gasteiger partial charge in [0.25, 0.3) is 10.0 Å². The molecule has 3 rings (SSSR count). The fraction of sp³-hybridized carbons (Fsp3) is 0. The van der Waals surface area contributed by atoms with Gasteiger partial charge >= 0.3 is 0 Å². The summed E-state index contributed by atoms with van der Waals surface area (Å²) >= 11 is 0. The molecule has 0 saturated heterocycles. The van der Waals surface area contributed by atoms with E-state index in [1.807, 2.05) is 18.2 Å². The van der Waals surface area contributed by atoms with E-state index in [0.717, 1.165) is 5.52 Å². The zero-order valence-corrected chi connectivity index (χ0v) is 11.2. The van der Waals surface area contributed by atoms with E-state index in [4.69, 9.17) is 5.73 Å². The third-order valence-corrected chi connectivity index (χ3v) is 4.21. The van der Waals surface area contributed by atoms with Gasteiger partial charge in [-0.15, -0.1) is 0 Å². The molecule has 0 aliphatic carbocycles. The molecular weight excluding hydrogens is 276 g/mol. The monoisotopic (exact) mass is 288 g/mol. The van der Waals surface area contributed by atoms with Crippen LogP contribution in [-0.2, 0) is 10.0 Å². The Morgan fingerprint density at radius 1 is 1.10 bits per heavy atom. The van der Waals surface area contributed by atoms with Crippen molar-refractivity contribution in [1.82, 2.24) is 10.2 Å². The minimum atomic E-state index is -3.71. The summed E-state index contributed by atoms with van der Waals surface area (Å²) in [5.41, 5.74) is 6.76. The van der Waals surface area contributed by atoms with Gasteiger partial charge in [0.05, 0.1) is 10.4 Å². The van der Waals surface area contributed by atoms with Crippen LogP contribution in [-0.4, -0.2) is 18.6 Å². The summed E-state index contributed by atoms with van der Waals surface area (Å²) in [7, 11) is -3.71. The maximum atomic E-state index is 12.3. The van der Waals surface area contributed by atoms with E-state index in [9.17, 15) is 8.42 Å². The number of sulfonamides is 1. The first-order valence-corrected chi connectivity index (χ1v) is 7.36. The summed E-state index contributed by atoms with van der Waals surface area (Å²) in [4.78, 5) is 0.101. The van der Waals surface area contributed by atoms with Crippen molar-refractivity contribution < 1.29 is 8.42 Å². The number of para-hydroxylation sites is 1. The van der Waals surface area contributed by atoms with Crippen LogP contribution < -0.4 is 10.5 Å². The van der Waals surface area contributed by atoms with Gasteiger partial charge in [0, 0.05) is 11.1 Å². The minimum Gasteiger partial charge on any atom is -0.399 e. The molecule has 0 bridgehead atoms. The number of rotatable bonds is 3. The Morgan fingerprint density at radius 2 is 1.90 bits per heavy atom. The summed E-state index contributed by atoms with van der Waals surface area (Å²) in [6, 6.07) is 13.4. The first-order chi connectivity index (χ1) is 9.56. The molecule has 0 atom stereocenters. The molecule has 1 heterocycles. The van der Waals surface area contributed by atoms with Crippen LogP contribution >= 0.6 is 0 Å². The number of nitrogens with one attached hydrogen (secondary N) is 2. The van der Waals surface area contributed by atoms with Crippen molar-refractivity contribution in [1.29, 1.82) is 0 Å². The van der Waals surface area contributed by atoms with Gasteiger partial charge in [0.2, 0.25) is 0 Å². The van der Waals surface area contributed by atoms with E-state index in [0.29, 0.717) is 11.1 Å². The predicted octanol–water partition coefficient (Wildman–Crippen LogP) is 1.95. The molecule has 0 aliphatic heterocycles. The van der Waals surface area contributed by atoms with E-state index < -0.39 is 10.0 Å². The summed E-state index contributed by atoms with van der Waals surface area (Å²) < 4.78 is 27.0. The van der Waals surface area contributed by atoms with Gasteiger partial charge in [-0.05, 0) is 30.3 Å². The van der Waals surface area contributed by atoms with E-state index in [1.54, 1.807) is 18.2 Å². The van der Waals surface area contributed by atoms with Crippen LogP contribution in [0.2, 0.25) is 0 Å². The number of nitrogen functional groups attached to an aromatic ring is 1. The minimum absolute atomic E-state index is 0.101. The molecule has 0 unspecified atom stereocenters. The molecule has 7 heteroatoms. The molecule has 6 nitrogen and oxygen atoms in total. The van der Waals surface area contributed by atoms with Crippen molar-refractivity contribution in [3.8, 4) is 0 Å². The van der Waals surface area contributed by atoms with Gasteiger partial charge < -0.3 is 5.73 Å². The molecule has 0 radical (unpaired) electrons. The van der Waals surface area contributed by atoms with E-state index in [1.165, 1.54) is 12.1 Å². The van der Waals surface area contributed by atoms with Crippen LogP contribution in [0.1, 0.15) is 0 Å². The Morgan fingerprint density at radius 3 is 2.70 bits per heavy atom. The Labute approximate surface area is 115 Å². The number of nitrogens with two attached hydrogens (primary N) is 1. The highest BCUT2D eigenvalue weighted by Crippen LogP contribution is 2.23. The first kappa shape index (κ1) is 12.5. The number of fused-ring (bicyclic) bond motifs is 1.